The highest BCUT2D eigenvalue weighted by Gasteiger charge is 2.25. The molecule has 3 aromatic rings. The van der Waals surface area contributed by atoms with Crippen molar-refractivity contribution >= 4 is 5.91 Å². The van der Waals surface area contributed by atoms with Crippen LogP contribution in [0.4, 0.5) is 0 Å². The molecule has 6 nitrogen and oxygen atoms in total. The number of aryl methyl sites for hydroxylation is 1. The van der Waals surface area contributed by atoms with Crippen LogP contribution < -0.4 is 10.9 Å². The Morgan fingerprint density at radius 2 is 1.86 bits per heavy atom. The largest absolute Gasteiger partial charge is 0.350 e. The van der Waals surface area contributed by atoms with Crippen molar-refractivity contribution in [2.24, 2.45) is 5.92 Å². The third-order valence-electron chi connectivity index (χ3n) is 5.16. The zero-order valence-corrected chi connectivity index (χ0v) is 15.5. The van der Waals surface area contributed by atoms with E-state index in [-0.39, 0.29) is 17.4 Å². The van der Waals surface area contributed by atoms with E-state index in [2.05, 4.69) is 15.3 Å². The molecule has 1 unspecified atom stereocenters. The summed E-state index contributed by atoms with van der Waals surface area (Å²) >= 11 is 0. The fourth-order valence-corrected chi connectivity index (χ4v) is 3.60. The van der Waals surface area contributed by atoms with E-state index in [4.69, 9.17) is 4.98 Å². The van der Waals surface area contributed by atoms with Gasteiger partial charge in [-0.1, -0.05) is 36.4 Å². The molecule has 4 rings (SSSR count). The number of carbonyl (C=O) groups is 1. The number of rotatable bonds is 4. The van der Waals surface area contributed by atoms with Crippen molar-refractivity contribution in [2.75, 3.05) is 0 Å². The molecule has 2 N–H and O–H groups in total. The smallest absolute Gasteiger partial charge is 0.254 e. The van der Waals surface area contributed by atoms with Crippen LogP contribution in [0.1, 0.15) is 29.8 Å². The number of pyridine rings is 1. The summed E-state index contributed by atoms with van der Waals surface area (Å²) in [5.74, 6) is 0.470. The molecule has 1 aromatic carbocycles. The number of aromatic amines is 1. The van der Waals surface area contributed by atoms with Gasteiger partial charge in [0.05, 0.1) is 17.9 Å². The average Bonchev–Trinajstić information content (AvgIpc) is 2.96. The lowest BCUT2D eigenvalue weighted by Gasteiger charge is -2.13. The zero-order valence-electron chi connectivity index (χ0n) is 15.5. The molecule has 0 saturated heterocycles. The monoisotopic (exact) mass is 374 g/mol. The van der Waals surface area contributed by atoms with E-state index < -0.39 is 0 Å². The summed E-state index contributed by atoms with van der Waals surface area (Å²) in [6.45, 7) is 0.417. The lowest BCUT2D eigenvalue weighted by molar-refractivity contribution is -0.125. The molecule has 0 spiro atoms. The SMILES string of the molecule is O=C(NCc1ccccn1)C1CCc2nc(-c3ccccc3)[nH]c(=O)c2CC1. The van der Waals surface area contributed by atoms with E-state index in [1.165, 1.54) is 0 Å². The molecule has 1 atom stereocenters. The number of fused-ring (bicyclic) bond motifs is 1. The second kappa shape index (κ2) is 8.17. The zero-order chi connectivity index (χ0) is 19.3. The number of hydrogen-bond donors (Lipinski definition) is 2. The van der Waals surface area contributed by atoms with E-state index in [0.717, 1.165) is 17.0 Å². The predicted octanol–water partition coefficient (Wildman–Crippen LogP) is 2.64. The van der Waals surface area contributed by atoms with Gasteiger partial charge in [0.25, 0.3) is 5.56 Å². The average molecular weight is 374 g/mol. The quantitative estimate of drug-likeness (QED) is 0.687. The summed E-state index contributed by atoms with van der Waals surface area (Å²) in [5.41, 5.74) is 3.13. The molecule has 0 radical (unpaired) electrons. The Kier molecular flexibility index (Phi) is 5.28. The van der Waals surface area contributed by atoms with Gasteiger partial charge in [0.15, 0.2) is 0 Å². The van der Waals surface area contributed by atoms with E-state index in [1.54, 1.807) is 6.20 Å². The second-order valence-electron chi connectivity index (χ2n) is 7.02. The van der Waals surface area contributed by atoms with E-state index in [1.807, 2.05) is 48.5 Å². The van der Waals surface area contributed by atoms with E-state index in [0.29, 0.717) is 43.6 Å². The Labute approximate surface area is 163 Å². The number of nitrogens with zero attached hydrogens (tertiary/aromatic N) is 2. The molecule has 28 heavy (non-hydrogen) atoms. The highest BCUT2D eigenvalue weighted by Crippen LogP contribution is 2.23. The Morgan fingerprint density at radius 3 is 2.64 bits per heavy atom. The lowest BCUT2D eigenvalue weighted by atomic mass is 9.99. The van der Waals surface area contributed by atoms with Gasteiger partial charge in [-0.05, 0) is 37.8 Å². The summed E-state index contributed by atoms with van der Waals surface area (Å²) in [6, 6.07) is 15.3. The molecule has 1 aliphatic carbocycles. The van der Waals surface area contributed by atoms with Crippen molar-refractivity contribution in [3.8, 4) is 11.4 Å². The predicted molar refractivity (Wildman–Crippen MR) is 107 cm³/mol. The first-order valence-electron chi connectivity index (χ1n) is 9.56. The summed E-state index contributed by atoms with van der Waals surface area (Å²) in [5, 5.41) is 2.97. The highest BCUT2D eigenvalue weighted by molar-refractivity contribution is 5.78. The van der Waals surface area contributed by atoms with Gasteiger partial charge in [0, 0.05) is 23.2 Å². The summed E-state index contributed by atoms with van der Waals surface area (Å²) in [4.78, 5) is 37.0. The minimum atomic E-state index is -0.127. The van der Waals surface area contributed by atoms with Gasteiger partial charge in [-0.25, -0.2) is 4.98 Å². The molecule has 0 saturated carbocycles. The number of hydrogen-bond acceptors (Lipinski definition) is 4. The van der Waals surface area contributed by atoms with Crippen LogP contribution in [0.2, 0.25) is 0 Å². The summed E-state index contributed by atoms with van der Waals surface area (Å²) < 4.78 is 0. The maximum Gasteiger partial charge on any atom is 0.254 e. The minimum absolute atomic E-state index is 0.0122. The van der Waals surface area contributed by atoms with Crippen molar-refractivity contribution in [3.05, 3.63) is 82.0 Å². The first kappa shape index (κ1) is 18.1. The topological polar surface area (TPSA) is 87.7 Å². The Balaban J connectivity index is 1.47. The number of benzene rings is 1. The number of H-pyrrole nitrogens is 1. The molecule has 0 bridgehead atoms. The van der Waals surface area contributed by atoms with Gasteiger partial charge in [0.1, 0.15) is 5.82 Å². The number of amides is 1. The van der Waals surface area contributed by atoms with E-state index >= 15 is 0 Å². The molecule has 0 fully saturated rings. The molecule has 1 aliphatic rings. The molecule has 0 aliphatic heterocycles. The van der Waals surface area contributed by atoms with Gasteiger partial charge >= 0.3 is 0 Å². The molecule has 2 heterocycles. The normalized spacial score (nSPS) is 16.1. The second-order valence-corrected chi connectivity index (χ2v) is 7.02. The van der Waals surface area contributed by atoms with Crippen LogP contribution >= 0.6 is 0 Å². The van der Waals surface area contributed by atoms with Crippen molar-refractivity contribution in [3.63, 3.8) is 0 Å². The van der Waals surface area contributed by atoms with Crippen LogP contribution in [0.5, 0.6) is 0 Å². The maximum absolute atomic E-state index is 12.6. The van der Waals surface area contributed by atoms with Crippen LogP contribution in [-0.2, 0) is 24.2 Å². The van der Waals surface area contributed by atoms with Crippen molar-refractivity contribution < 1.29 is 4.79 Å². The Morgan fingerprint density at radius 1 is 1.07 bits per heavy atom. The first-order valence-corrected chi connectivity index (χ1v) is 9.56. The Hall–Kier alpha value is -3.28. The van der Waals surface area contributed by atoms with Crippen molar-refractivity contribution in [2.45, 2.75) is 32.2 Å². The highest BCUT2D eigenvalue weighted by atomic mass is 16.2. The standard InChI is InChI=1S/C22H22N4O2/c27-21(24-14-17-8-4-5-13-23-17)16-9-11-18-19(12-10-16)25-20(26-22(18)28)15-6-2-1-3-7-15/h1-8,13,16H,9-12,14H2,(H,24,27)(H,25,26,28). The van der Waals surface area contributed by atoms with Crippen LogP contribution in [-0.4, -0.2) is 20.9 Å². The van der Waals surface area contributed by atoms with Crippen LogP contribution in [0.15, 0.2) is 59.5 Å². The van der Waals surface area contributed by atoms with Crippen LogP contribution in [0, 0.1) is 5.92 Å². The summed E-state index contributed by atoms with van der Waals surface area (Å²) in [7, 11) is 0. The lowest BCUT2D eigenvalue weighted by Crippen LogP contribution is -2.30. The van der Waals surface area contributed by atoms with Crippen molar-refractivity contribution in [1.82, 2.24) is 20.3 Å². The number of aromatic nitrogens is 3. The third-order valence-corrected chi connectivity index (χ3v) is 5.16. The Bertz CT molecular complexity index is 1020. The summed E-state index contributed by atoms with van der Waals surface area (Å²) in [6.07, 6.45) is 4.24. The molecule has 142 valence electrons. The molecule has 2 aromatic heterocycles. The molecular formula is C22H22N4O2. The minimum Gasteiger partial charge on any atom is -0.350 e. The number of nitrogens with one attached hydrogen (secondary N) is 2. The first-order chi connectivity index (χ1) is 13.7. The maximum atomic E-state index is 12.6. The molecular weight excluding hydrogens is 352 g/mol. The van der Waals surface area contributed by atoms with Gasteiger partial charge < -0.3 is 10.3 Å². The van der Waals surface area contributed by atoms with Crippen LogP contribution in [0.3, 0.4) is 0 Å². The van der Waals surface area contributed by atoms with Gasteiger partial charge in [-0.2, -0.15) is 0 Å². The number of carbonyl (C=O) groups excluding carboxylic acids is 1. The fraction of sp³-hybridized carbons (Fsp3) is 0.273. The fourth-order valence-electron chi connectivity index (χ4n) is 3.60. The van der Waals surface area contributed by atoms with Crippen molar-refractivity contribution in [1.29, 1.82) is 0 Å². The van der Waals surface area contributed by atoms with Crippen LogP contribution in [0.25, 0.3) is 11.4 Å². The third kappa shape index (κ3) is 4.01. The van der Waals surface area contributed by atoms with E-state index in [9.17, 15) is 9.59 Å². The van der Waals surface area contributed by atoms with Gasteiger partial charge in [0.2, 0.25) is 5.91 Å². The van der Waals surface area contributed by atoms with Gasteiger partial charge in [-0.3, -0.25) is 14.6 Å². The molecule has 6 heteroatoms. The molecule has 1 amide bonds. The van der Waals surface area contributed by atoms with Gasteiger partial charge in [-0.15, -0.1) is 0 Å².